The van der Waals surface area contributed by atoms with Gasteiger partial charge in [-0.15, -0.1) is 11.6 Å². The molecule has 1 saturated heterocycles. The molecule has 3 fully saturated rings. The third kappa shape index (κ3) is 4.44. The molecule has 0 N–H and O–H groups in total. The quantitative estimate of drug-likeness (QED) is 0.531. The van der Waals surface area contributed by atoms with Crippen molar-refractivity contribution >= 4 is 18.7 Å². The van der Waals surface area contributed by atoms with E-state index in [1.807, 2.05) is 0 Å². The molecular formula is C18H29BClNO2. The van der Waals surface area contributed by atoms with Gasteiger partial charge in [0.2, 0.25) is 0 Å². The molecule has 0 aromatic carbocycles. The zero-order chi connectivity index (χ0) is 16.1. The Morgan fingerprint density at radius 3 is 1.83 bits per heavy atom. The van der Waals surface area contributed by atoms with E-state index in [9.17, 15) is 0 Å². The number of hydrogen-bond donors (Lipinski definition) is 0. The normalized spacial score (nSPS) is 31.9. The first-order valence-corrected chi connectivity index (χ1v) is 10.0. The number of rotatable bonds is 5. The molecule has 3 atom stereocenters. The van der Waals surface area contributed by atoms with E-state index in [0.717, 1.165) is 0 Å². The topological polar surface area (TPSA) is 42.2 Å². The zero-order valence-electron chi connectivity index (χ0n) is 14.1. The summed E-state index contributed by atoms with van der Waals surface area (Å²) in [4.78, 5) is 0. The Morgan fingerprint density at radius 2 is 1.39 bits per heavy atom. The maximum atomic E-state index is 8.78. The van der Waals surface area contributed by atoms with Crippen molar-refractivity contribution in [3.8, 4) is 6.07 Å². The Labute approximate surface area is 146 Å². The summed E-state index contributed by atoms with van der Waals surface area (Å²) in [5.41, 5.74) is 0. The molecule has 23 heavy (non-hydrogen) atoms. The number of alkyl halides is 1. The lowest BCUT2D eigenvalue weighted by atomic mass is 9.77. The van der Waals surface area contributed by atoms with Crippen LogP contribution in [0.5, 0.6) is 0 Å². The smallest absolute Gasteiger partial charge is 0.404 e. The van der Waals surface area contributed by atoms with Crippen LogP contribution in [-0.4, -0.2) is 24.6 Å². The summed E-state index contributed by atoms with van der Waals surface area (Å²) in [6.45, 7) is 0. The van der Waals surface area contributed by atoms with Crippen molar-refractivity contribution in [2.24, 2.45) is 11.8 Å². The average Bonchev–Trinajstić information content (AvgIpc) is 3.06. The maximum Gasteiger partial charge on any atom is 0.476 e. The van der Waals surface area contributed by atoms with Crippen LogP contribution < -0.4 is 0 Å². The van der Waals surface area contributed by atoms with Gasteiger partial charge in [-0.05, 0) is 43.9 Å². The second-order valence-electron chi connectivity index (χ2n) is 7.58. The summed E-state index contributed by atoms with van der Waals surface area (Å²) in [7, 11) is -0.316. The largest absolute Gasteiger partial charge is 0.476 e. The van der Waals surface area contributed by atoms with E-state index in [0.29, 0.717) is 24.7 Å². The predicted molar refractivity (Wildman–Crippen MR) is 93.1 cm³/mol. The molecule has 2 saturated carbocycles. The van der Waals surface area contributed by atoms with Gasteiger partial charge in [0.25, 0.3) is 0 Å². The van der Waals surface area contributed by atoms with Crippen molar-refractivity contribution in [1.82, 2.24) is 0 Å². The lowest BCUT2D eigenvalue weighted by Gasteiger charge is -2.35. The van der Waals surface area contributed by atoms with E-state index in [1.165, 1.54) is 64.2 Å². The van der Waals surface area contributed by atoms with Gasteiger partial charge < -0.3 is 9.31 Å². The fourth-order valence-corrected chi connectivity index (χ4v) is 4.92. The molecule has 1 aliphatic heterocycles. The van der Waals surface area contributed by atoms with Gasteiger partial charge in [-0.1, -0.05) is 38.5 Å². The Morgan fingerprint density at radius 1 is 0.913 bits per heavy atom. The molecule has 3 aliphatic rings. The highest BCUT2D eigenvalue weighted by atomic mass is 35.5. The first kappa shape index (κ1) is 17.6. The van der Waals surface area contributed by atoms with Crippen LogP contribution >= 0.6 is 11.6 Å². The monoisotopic (exact) mass is 337 g/mol. The number of halogens is 1. The van der Waals surface area contributed by atoms with E-state index >= 15 is 0 Å². The van der Waals surface area contributed by atoms with Crippen LogP contribution in [0.3, 0.4) is 0 Å². The Bertz CT molecular complexity index is 378. The molecule has 3 rings (SSSR count). The fourth-order valence-electron chi connectivity index (χ4n) is 4.69. The first-order chi connectivity index (χ1) is 11.3. The van der Waals surface area contributed by atoms with Crippen LogP contribution in [0.2, 0.25) is 0 Å². The molecule has 2 aliphatic carbocycles. The standard InChI is InChI=1S/C18H29BClNO2/c20-16(12-7-13-21)19-22-17(14-8-3-1-4-9-14)18(23-19)15-10-5-2-6-11-15/h14-18H,1-12H2/t16-,17-,18-/m1/s1. The Balaban J connectivity index is 1.66. The van der Waals surface area contributed by atoms with Crippen molar-refractivity contribution in [3.05, 3.63) is 0 Å². The second-order valence-corrected chi connectivity index (χ2v) is 8.14. The fraction of sp³-hybridized carbons (Fsp3) is 0.944. The first-order valence-electron chi connectivity index (χ1n) is 9.61. The molecule has 128 valence electrons. The minimum absolute atomic E-state index is 0.200. The third-order valence-corrected chi connectivity index (χ3v) is 6.39. The molecule has 0 amide bonds. The number of nitrogens with zero attached hydrogens (tertiary/aromatic N) is 1. The van der Waals surface area contributed by atoms with Gasteiger partial charge in [0.15, 0.2) is 0 Å². The van der Waals surface area contributed by atoms with E-state index in [2.05, 4.69) is 6.07 Å². The lowest BCUT2D eigenvalue weighted by molar-refractivity contribution is 0.0324. The van der Waals surface area contributed by atoms with Gasteiger partial charge >= 0.3 is 7.12 Å². The van der Waals surface area contributed by atoms with Crippen molar-refractivity contribution < 1.29 is 9.31 Å². The van der Waals surface area contributed by atoms with Gasteiger partial charge in [0.1, 0.15) is 0 Å². The molecule has 0 bridgehead atoms. The lowest BCUT2D eigenvalue weighted by Crippen LogP contribution is -2.38. The third-order valence-electron chi connectivity index (χ3n) is 5.96. The highest BCUT2D eigenvalue weighted by Crippen LogP contribution is 2.41. The predicted octanol–water partition coefficient (Wildman–Crippen LogP) is 4.87. The van der Waals surface area contributed by atoms with Crippen LogP contribution in [0.4, 0.5) is 0 Å². The van der Waals surface area contributed by atoms with Crippen molar-refractivity contribution in [2.45, 2.75) is 94.5 Å². The molecule has 3 nitrogen and oxygen atoms in total. The van der Waals surface area contributed by atoms with Gasteiger partial charge in [-0.25, -0.2) is 0 Å². The van der Waals surface area contributed by atoms with Gasteiger partial charge in [-0.2, -0.15) is 5.26 Å². The van der Waals surface area contributed by atoms with Crippen LogP contribution in [0.15, 0.2) is 0 Å². The summed E-state index contributed by atoms with van der Waals surface area (Å²) in [5, 5.41) is 8.58. The summed E-state index contributed by atoms with van der Waals surface area (Å²) in [5.74, 6) is 1.28. The van der Waals surface area contributed by atoms with Crippen LogP contribution in [0.25, 0.3) is 0 Å². The summed E-state index contributed by atoms with van der Waals surface area (Å²) in [6.07, 6.45) is 14.7. The molecule has 0 unspecified atom stereocenters. The molecule has 0 aromatic rings. The SMILES string of the molecule is N#CCC[C@@H](Cl)B1O[C@H](C2CCCCC2)[C@@H](C2CCCCC2)O1. The molecule has 0 radical (unpaired) electrons. The second kappa shape index (κ2) is 8.74. The van der Waals surface area contributed by atoms with E-state index in [1.54, 1.807) is 0 Å². The highest BCUT2D eigenvalue weighted by Gasteiger charge is 2.49. The Hall–Kier alpha value is -0.235. The van der Waals surface area contributed by atoms with Gasteiger partial charge in [0, 0.05) is 6.42 Å². The van der Waals surface area contributed by atoms with Gasteiger partial charge in [0.05, 0.1) is 23.6 Å². The minimum atomic E-state index is -0.316. The number of nitriles is 1. The molecule has 0 aromatic heterocycles. The summed E-state index contributed by atoms with van der Waals surface area (Å²) < 4.78 is 12.7. The van der Waals surface area contributed by atoms with Crippen LogP contribution in [-0.2, 0) is 9.31 Å². The Kier molecular flexibility index (Phi) is 6.68. The van der Waals surface area contributed by atoms with Crippen molar-refractivity contribution in [2.75, 3.05) is 0 Å². The average molecular weight is 338 g/mol. The molecule has 1 heterocycles. The molecular weight excluding hydrogens is 308 g/mol. The van der Waals surface area contributed by atoms with Crippen LogP contribution in [0, 0.1) is 23.2 Å². The number of hydrogen-bond acceptors (Lipinski definition) is 3. The zero-order valence-corrected chi connectivity index (χ0v) is 14.8. The van der Waals surface area contributed by atoms with E-state index < -0.39 is 0 Å². The van der Waals surface area contributed by atoms with E-state index in [4.69, 9.17) is 26.2 Å². The van der Waals surface area contributed by atoms with Crippen molar-refractivity contribution in [1.29, 1.82) is 5.26 Å². The molecule has 0 spiro atoms. The van der Waals surface area contributed by atoms with Crippen LogP contribution in [0.1, 0.15) is 77.0 Å². The molecule has 5 heteroatoms. The van der Waals surface area contributed by atoms with Crippen molar-refractivity contribution in [3.63, 3.8) is 0 Å². The van der Waals surface area contributed by atoms with Gasteiger partial charge in [-0.3, -0.25) is 0 Å². The van der Waals surface area contributed by atoms with E-state index in [-0.39, 0.29) is 24.6 Å². The minimum Gasteiger partial charge on any atom is -0.404 e. The summed E-state index contributed by atoms with van der Waals surface area (Å²) in [6, 6.07) is 2.18. The highest BCUT2D eigenvalue weighted by molar-refractivity contribution is 6.59. The summed E-state index contributed by atoms with van der Waals surface area (Å²) >= 11 is 6.47. The maximum absolute atomic E-state index is 8.78.